The quantitative estimate of drug-likeness (QED) is 0.526. The summed E-state index contributed by atoms with van der Waals surface area (Å²) in [7, 11) is 0. The van der Waals surface area contributed by atoms with Gasteiger partial charge in [-0.05, 0) is 38.8 Å². The van der Waals surface area contributed by atoms with Gasteiger partial charge in [0.1, 0.15) is 6.04 Å². The molecule has 1 aliphatic carbocycles. The number of urea groups is 1. The fraction of sp³-hybridized carbons (Fsp3) is 0.550. The van der Waals surface area contributed by atoms with Gasteiger partial charge in [0.25, 0.3) is 5.91 Å². The van der Waals surface area contributed by atoms with Crippen molar-refractivity contribution in [1.29, 1.82) is 0 Å². The van der Waals surface area contributed by atoms with Crippen LogP contribution in [0.5, 0.6) is 0 Å². The topological polar surface area (TPSA) is 96.5 Å². The molecule has 0 aromatic heterocycles. The third kappa shape index (κ3) is 7.29. The smallest absolute Gasteiger partial charge is 0.329 e. The molecule has 0 spiro atoms. The first-order valence-electron chi connectivity index (χ1n) is 9.59. The Kier molecular flexibility index (Phi) is 8.10. The number of anilines is 1. The molecule has 0 radical (unpaired) electrons. The first-order chi connectivity index (χ1) is 13.0. The number of carbonyl (C=O) groups is 3. The molecule has 2 atom stereocenters. The maximum atomic E-state index is 12.3. The Morgan fingerprint density at radius 3 is 2.26 bits per heavy atom. The highest BCUT2D eigenvalue weighted by Crippen LogP contribution is 2.17. The van der Waals surface area contributed by atoms with Crippen molar-refractivity contribution in [1.82, 2.24) is 10.6 Å². The summed E-state index contributed by atoms with van der Waals surface area (Å²) in [5, 5.41) is 8.09. The number of hydrogen-bond acceptors (Lipinski definition) is 4. The lowest BCUT2D eigenvalue weighted by atomic mass is 10.1. The van der Waals surface area contributed by atoms with E-state index in [0.717, 1.165) is 25.7 Å². The lowest BCUT2D eigenvalue weighted by Crippen LogP contribution is -2.46. The average Bonchev–Trinajstić information content (AvgIpc) is 2.90. The van der Waals surface area contributed by atoms with Gasteiger partial charge >= 0.3 is 12.0 Å². The van der Waals surface area contributed by atoms with Gasteiger partial charge < -0.3 is 20.7 Å². The minimum absolute atomic E-state index is 0.147. The standard InChI is InChI=1S/C20H29N3O4/c1-14(21-20(26)23-17-12-8-5-9-13-17)19(25)27-15(2)18(24)22-16-10-6-3-4-7-11-16/h5,8-9,12-16H,3-4,6-7,10-11H2,1-2H3,(H,22,24)(H2,21,23,26)/t14-,15+/m0/s1. The maximum Gasteiger partial charge on any atom is 0.329 e. The van der Waals surface area contributed by atoms with Crippen molar-refractivity contribution in [3.63, 3.8) is 0 Å². The molecule has 1 aliphatic rings. The van der Waals surface area contributed by atoms with Gasteiger partial charge in [-0.1, -0.05) is 43.9 Å². The van der Waals surface area contributed by atoms with E-state index in [9.17, 15) is 14.4 Å². The second-order valence-corrected chi connectivity index (χ2v) is 6.96. The molecule has 2 rings (SSSR count). The van der Waals surface area contributed by atoms with Crippen LogP contribution in [0.2, 0.25) is 0 Å². The molecule has 0 heterocycles. The van der Waals surface area contributed by atoms with E-state index in [1.807, 2.05) is 6.07 Å². The molecule has 0 unspecified atom stereocenters. The number of amides is 3. The van der Waals surface area contributed by atoms with Crippen LogP contribution in [0.3, 0.4) is 0 Å². The second kappa shape index (κ2) is 10.5. The van der Waals surface area contributed by atoms with Gasteiger partial charge in [-0.15, -0.1) is 0 Å². The molecule has 3 N–H and O–H groups in total. The number of carbonyl (C=O) groups excluding carboxylic acids is 3. The van der Waals surface area contributed by atoms with Gasteiger partial charge in [0.2, 0.25) is 0 Å². The number of hydrogen-bond donors (Lipinski definition) is 3. The predicted molar refractivity (Wildman–Crippen MR) is 103 cm³/mol. The molecule has 7 heteroatoms. The van der Waals surface area contributed by atoms with Crippen LogP contribution < -0.4 is 16.0 Å². The summed E-state index contributed by atoms with van der Waals surface area (Å²) in [5.74, 6) is -0.946. The fourth-order valence-corrected chi connectivity index (χ4v) is 3.02. The molecule has 0 saturated heterocycles. The van der Waals surface area contributed by atoms with E-state index in [1.54, 1.807) is 31.2 Å². The molecular formula is C20H29N3O4. The summed E-state index contributed by atoms with van der Waals surface area (Å²) >= 11 is 0. The summed E-state index contributed by atoms with van der Waals surface area (Å²) in [4.78, 5) is 36.3. The molecule has 0 bridgehead atoms. The molecule has 3 amide bonds. The van der Waals surface area contributed by atoms with Crippen LogP contribution >= 0.6 is 0 Å². The maximum absolute atomic E-state index is 12.3. The number of benzene rings is 1. The Hall–Kier alpha value is -2.57. The molecule has 27 heavy (non-hydrogen) atoms. The summed E-state index contributed by atoms with van der Waals surface area (Å²) < 4.78 is 5.20. The number of esters is 1. The van der Waals surface area contributed by atoms with E-state index in [0.29, 0.717) is 5.69 Å². The van der Waals surface area contributed by atoms with E-state index >= 15 is 0 Å². The lowest BCUT2D eigenvalue weighted by Gasteiger charge is -2.21. The molecule has 1 fully saturated rings. The van der Waals surface area contributed by atoms with Gasteiger partial charge in [-0.25, -0.2) is 9.59 Å². The molecule has 0 aliphatic heterocycles. The van der Waals surface area contributed by atoms with E-state index < -0.39 is 24.1 Å². The molecule has 1 aromatic rings. The highest BCUT2D eigenvalue weighted by atomic mass is 16.5. The van der Waals surface area contributed by atoms with Crippen LogP contribution in [0.1, 0.15) is 52.4 Å². The molecule has 1 aromatic carbocycles. The van der Waals surface area contributed by atoms with Gasteiger partial charge in [0.15, 0.2) is 6.10 Å². The third-order valence-electron chi connectivity index (χ3n) is 4.60. The van der Waals surface area contributed by atoms with Gasteiger partial charge in [-0.2, -0.15) is 0 Å². The van der Waals surface area contributed by atoms with E-state index in [4.69, 9.17) is 4.74 Å². The monoisotopic (exact) mass is 375 g/mol. The zero-order chi connectivity index (χ0) is 19.6. The van der Waals surface area contributed by atoms with Crippen molar-refractivity contribution in [3.05, 3.63) is 30.3 Å². The van der Waals surface area contributed by atoms with Gasteiger partial charge in [0.05, 0.1) is 0 Å². The van der Waals surface area contributed by atoms with Crippen molar-refractivity contribution in [3.8, 4) is 0 Å². The summed E-state index contributed by atoms with van der Waals surface area (Å²) in [5.41, 5.74) is 0.617. The fourth-order valence-electron chi connectivity index (χ4n) is 3.02. The Morgan fingerprint density at radius 2 is 1.63 bits per heavy atom. The third-order valence-corrected chi connectivity index (χ3v) is 4.60. The highest BCUT2D eigenvalue weighted by molar-refractivity contribution is 5.93. The van der Waals surface area contributed by atoms with E-state index in [-0.39, 0.29) is 11.9 Å². The van der Waals surface area contributed by atoms with Gasteiger partial charge in [0, 0.05) is 11.7 Å². The highest BCUT2D eigenvalue weighted by Gasteiger charge is 2.25. The Balaban J connectivity index is 1.75. The van der Waals surface area contributed by atoms with Crippen LogP contribution in [0.4, 0.5) is 10.5 Å². The van der Waals surface area contributed by atoms with E-state index in [2.05, 4.69) is 16.0 Å². The van der Waals surface area contributed by atoms with Crippen molar-refractivity contribution in [2.24, 2.45) is 0 Å². The number of rotatable bonds is 6. The first kappa shape index (κ1) is 20.7. The van der Waals surface area contributed by atoms with Crippen LogP contribution in [-0.4, -0.2) is 36.1 Å². The predicted octanol–water partition coefficient (Wildman–Crippen LogP) is 2.97. The lowest BCUT2D eigenvalue weighted by molar-refractivity contribution is -0.156. The minimum atomic E-state index is -0.901. The van der Waals surface area contributed by atoms with Crippen LogP contribution in [-0.2, 0) is 14.3 Å². The zero-order valence-electron chi connectivity index (χ0n) is 16.0. The van der Waals surface area contributed by atoms with E-state index in [1.165, 1.54) is 19.8 Å². The molecule has 148 valence electrons. The van der Waals surface area contributed by atoms with Gasteiger partial charge in [-0.3, -0.25) is 4.79 Å². The normalized spacial score (nSPS) is 17.1. The van der Waals surface area contributed by atoms with Crippen LogP contribution in [0, 0.1) is 0 Å². The number of nitrogens with one attached hydrogen (secondary N) is 3. The molecule has 7 nitrogen and oxygen atoms in total. The Bertz CT molecular complexity index is 627. The minimum Gasteiger partial charge on any atom is -0.451 e. The largest absolute Gasteiger partial charge is 0.451 e. The molecular weight excluding hydrogens is 346 g/mol. The van der Waals surface area contributed by atoms with Crippen molar-refractivity contribution in [2.45, 2.75) is 70.6 Å². The Labute approximate surface area is 160 Å². The van der Waals surface area contributed by atoms with Crippen LogP contribution in [0.25, 0.3) is 0 Å². The average molecular weight is 375 g/mol. The number of ether oxygens (including phenoxy) is 1. The molecule has 1 saturated carbocycles. The number of para-hydroxylation sites is 1. The SMILES string of the molecule is C[C@H](NC(=O)Nc1ccccc1)C(=O)O[C@H](C)C(=O)NC1CCCCCC1. The second-order valence-electron chi connectivity index (χ2n) is 6.96. The van der Waals surface area contributed by atoms with Crippen molar-refractivity contribution in [2.75, 3.05) is 5.32 Å². The summed E-state index contributed by atoms with van der Waals surface area (Å²) in [6.45, 7) is 3.06. The van der Waals surface area contributed by atoms with Crippen molar-refractivity contribution < 1.29 is 19.1 Å². The Morgan fingerprint density at radius 1 is 1.00 bits per heavy atom. The summed E-state index contributed by atoms with van der Waals surface area (Å²) in [6, 6.07) is 7.66. The first-order valence-corrected chi connectivity index (χ1v) is 9.59. The van der Waals surface area contributed by atoms with Crippen LogP contribution in [0.15, 0.2) is 30.3 Å². The van der Waals surface area contributed by atoms with Crippen molar-refractivity contribution >= 4 is 23.6 Å². The summed E-state index contributed by atoms with van der Waals surface area (Å²) in [6.07, 6.45) is 5.64. The zero-order valence-corrected chi connectivity index (χ0v) is 16.0.